The second-order valence-corrected chi connectivity index (χ2v) is 7.79. The topological polar surface area (TPSA) is 43.8 Å². The van der Waals surface area contributed by atoms with Crippen LogP contribution in [0.1, 0.15) is 42.8 Å². The van der Waals surface area contributed by atoms with Crippen molar-refractivity contribution in [1.29, 1.82) is 0 Å². The highest BCUT2D eigenvalue weighted by Crippen LogP contribution is 2.20. The van der Waals surface area contributed by atoms with Crippen molar-refractivity contribution in [3.63, 3.8) is 0 Å². The van der Waals surface area contributed by atoms with Crippen LogP contribution < -0.4 is 5.32 Å². The van der Waals surface area contributed by atoms with E-state index in [9.17, 15) is 0 Å². The SMILES string of the molecule is CCNC(=NCc1sc(C)nc1C)N1CCC(CN(CC)CC)C1. The second-order valence-electron chi connectivity index (χ2n) is 6.50. The lowest BCUT2D eigenvalue weighted by Gasteiger charge is -2.24. The Morgan fingerprint density at radius 1 is 1.33 bits per heavy atom. The summed E-state index contributed by atoms with van der Waals surface area (Å²) in [7, 11) is 0. The number of aromatic nitrogens is 1. The first-order valence-electron chi connectivity index (χ1n) is 9.25. The number of nitrogens with zero attached hydrogens (tertiary/aromatic N) is 4. The number of hydrogen-bond donors (Lipinski definition) is 1. The summed E-state index contributed by atoms with van der Waals surface area (Å²) in [4.78, 5) is 15.6. The maximum Gasteiger partial charge on any atom is 0.194 e. The molecule has 1 aromatic heterocycles. The van der Waals surface area contributed by atoms with Gasteiger partial charge in [0.05, 0.1) is 17.2 Å². The first-order chi connectivity index (χ1) is 11.6. The zero-order valence-corrected chi connectivity index (χ0v) is 16.7. The van der Waals surface area contributed by atoms with Crippen LogP contribution in [-0.4, -0.2) is 60.0 Å². The van der Waals surface area contributed by atoms with Gasteiger partial charge in [0, 0.05) is 31.1 Å². The zero-order chi connectivity index (χ0) is 17.5. The van der Waals surface area contributed by atoms with Crippen LogP contribution in [0.3, 0.4) is 0 Å². The molecule has 24 heavy (non-hydrogen) atoms. The predicted molar refractivity (Wildman–Crippen MR) is 104 cm³/mol. The molecule has 1 aromatic rings. The van der Waals surface area contributed by atoms with Crippen molar-refractivity contribution in [3.05, 3.63) is 15.6 Å². The van der Waals surface area contributed by atoms with E-state index in [2.05, 4.69) is 54.7 Å². The largest absolute Gasteiger partial charge is 0.357 e. The Morgan fingerprint density at radius 3 is 2.67 bits per heavy atom. The van der Waals surface area contributed by atoms with Gasteiger partial charge in [-0.15, -0.1) is 11.3 Å². The number of thiazole rings is 1. The van der Waals surface area contributed by atoms with E-state index in [1.165, 1.54) is 17.8 Å². The first-order valence-corrected chi connectivity index (χ1v) is 10.1. The standard InChI is InChI=1S/C18H33N5S/c1-6-19-18(20-11-17-14(4)21-15(5)24-17)23-10-9-16(13-23)12-22(7-2)8-3/h16H,6-13H2,1-5H3,(H,19,20). The number of aryl methyl sites for hydroxylation is 2. The third kappa shape index (κ3) is 5.18. The van der Waals surface area contributed by atoms with Gasteiger partial charge in [-0.3, -0.25) is 0 Å². The Kier molecular flexibility index (Phi) is 7.49. The summed E-state index contributed by atoms with van der Waals surface area (Å²) in [6, 6.07) is 0. The van der Waals surface area contributed by atoms with Gasteiger partial charge in [-0.05, 0) is 46.2 Å². The fourth-order valence-corrected chi connectivity index (χ4v) is 4.18. The smallest absolute Gasteiger partial charge is 0.194 e. The predicted octanol–water partition coefficient (Wildman–Crippen LogP) is 2.89. The minimum atomic E-state index is 0.733. The minimum absolute atomic E-state index is 0.733. The molecule has 1 aliphatic rings. The van der Waals surface area contributed by atoms with Gasteiger partial charge in [0.1, 0.15) is 0 Å². The molecule has 2 rings (SSSR count). The number of rotatable bonds is 7. The van der Waals surface area contributed by atoms with E-state index >= 15 is 0 Å². The molecule has 0 saturated carbocycles. The maximum atomic E-state index is 4.88. The molecule has 2 heterocycles. The summed E-state index contributed by atoms with van der Waals surface area (Å²) in [6.07, 6.45) is 1.26. The van der Waals surface area contributed by atoms with Crippen molar-refractivity contribution in [2.45, 2.75) is 47.6 Å². The second kappa shape index (κ2) is 9.37. The van der Waals surface area contributed by atoms with Crippen molar-refractivity contribution in [1.82, 2.24) is 20.1 Å². The van der Waals surface area contributed by atoms with Crippen LogP contribution in [0.5, 0.6) is 0 Å². The van der Waals surface area contributed by atoms with E-state index in [1.807, 2.05) is 0 Å². The lowest BCUT2D eigenvalue weighted by molar-refractivity contribution is 0.255. The molecule has 1 fully saturated rings. The summed E-state index contributed by atoms with van der Waals surface area (Å²) in [5.74, 6) is 1.81. The van der Waals surface area contributed by atoms with Crippen molar-refractivity contribution >= 4 is 17.3 Å². The number of nitrogens with one attached hydrogen (secondary N) is 1. The van der Waals surface area contributed by atoms with E-state index in [-0.39, 0.29) is 0 Å². The highest BCUT2D eigenvalue weighted by atomic mass is 32.1. The Hall–Kier alpha value is -1.14. The van der Waals surface area contributed by atoms with Gasteiger partial charge in [0.15, 0.2) is 5.96 Å². The molecular formula is C18H33N5S. The van der Waals surface area contributed by atoms with Gasteiger partial charge >= 0.3 is 0 Å². The average molecular weight is 352 g/mol. The summed E-state index contributed by atoms with van der Waals surface area (Å²) >= 11 is 1.76. The lowest BCUT2D eigenvalue weighted by atomic mass is 10.1. The minimum Gasteiger partial charge on any atom is -0.357 e. The van der Waals surface area contributed by atoms with Crippen molar-refractivity contribution in [2.24, 2.45) is 10.9 Å². The molecule has 0 radical (unpaired) electrons. The Morgan fingerprint density at radius 2 is 2.08 bits per heavy atom. The normalized spacial score (nSPS) is 18.7. The van der Waals surface area contributed by atoms with Crippen LogP contribution in [0, 0.1) is 19.8 Å². The number of likely N-dealkylation sites (tertiary alicyclic amines) is 1. The van der Waals surface area contributed by atoms with Crippen LogP contribution >= 0.6 is 11.3 Å². The van der Waals surface area contributed by atoms with Crippen molar-refractivity contribution in [2.75, 3.05) is 39.3 Å². The Balaban J connectivity index is 1.97. The van der Waals surface area contributed by atoms with Gasteiger partial charge in [0.2, 0.25) is 0 Å². The molecule has 1 N–H and O–H groups in total. The van der Waals surface area contributed by atoms with Crippen LogP contribution in [-0.2, 0) is 6.54 Å². The van der Waals surface area contributed by atoms with Crippen LogP contribution in [0.25, 0.3) is 0 Å². The number of hydrogen-bond acceptors (Lipinski definition) is 4. The molecule has 136 valence electrons. The molecule has 1 saturated heterocycles. The summed E-state index contributed by atoms with van der Waals surface area (Å²) in [5, 5.41) is 4.60. The number of guanidine groups is 1. The van der Waals surface area contributed by atoms with E-state index in [1.54, 1.807) is 11.3 Å². The zero-order valence-electron chi connectivity index (χ0n) is 15.9. The monoisotopic (exact) mass is 351 g/mol. The van der Waals surface area contributed by atoms with E-state index in [0.29, 0.717) is 0 Å². The van der Waals surface area contributed by atoms with Crippen LogP contribution in [0.2, 0.25) is 0 Å². The van der Waals surface area contributed by atoms with Crippen molar-refractivity contribution < 1.29 is 0 Å². The fourth-order valence-electron chi connectivity index (χ4n) is 3.31. The van der Waals surface area contributed by atoms with Crippen molar-refractivity contribution in [3.8, 4) is 0 Å². The molecule has 0 bridgehead atoms. The van der Waals surface area contributed by atoms with E-state index in [4.69, 9.17) is 4.99 Å². The van der Waals surface area contributed by atoms with Gasteiger partial charge in [-0.25, -0.2) is 9.98 Å². The van der Waals surface area contributed by atoms with Gasteiger partial charge in [-0.1, -0.05) is 13.8 Å². The van der Waals surface area contributed by atoms with Gasteiger partial charge in [0.25, 0.3) is 0 Å². The molecular weight excluding hydrogens is 318 g/mol. The highest BCUT2D eigenvalue weighted by molar-refractivity contribution is 7.11. The summed E-state index contributed by atoms with van der Waals surface area (Å²) in [5.41, 5.74) is 1.12. The molecule has 0 aliphatic carbocycles. The third-order valence-electron chi connectivity index (χ3n) is 4.70. The quantitative estimate of drug-likeness (QED) is 0.606. The van der Waals surface area contributed by atoms with Crippen LogP contribution in [0.15, 0.2) is 4.99 Å². The van der Waals surface area contributed by atoms with E-state index in [0.717, 1.165) is 61.8 Å². The van der Waals surface area contributed by atoms with Crippen LogP contribution in [0.4, 0.5) is 0 Å². The molecule has 1 aliphatic heterocycles. The molecule has 0 aromatic carbocycles. The lowest BCUT2D eigenvalue weighted by Crippen LogP contribution is -2.40. The van der Waals surface area contributed by atoms with Gasteiger partial charge in [-0.2, -0.15) is 0 Å². The molecule has 1 unspecified atom stereocenters. The molecule has 0 spiro atoms. The summed E-state index contributed by atoms with van der Waals surface area (Å²) in [6.45, 7) is 18.1. The molecule has 5 nitrogen and oxygen atoms in total. The molecule has 1 atom stereocenters. The average Bonchev–Trinajstić information content (AvgIpc) is 3.15. The first kappa shape index (κ1) is 19.2. The van der Waals surface area contributed by atoms with E-state index < -0.39 is 0 Å². The Bertz CT molecular complexity index is 536. The fraction of sp³-hybridized carbons (Fsp3) is 0.778. The summed E-state index contributed by atoms with van der Waals surface area (Å²) < 4.78 is 0. The van der Waals surface area contributed by atoms with Gasteiger partial charge < -0.3 is 15.1 Å². The molecule has 6 heteroatoms. The molecule has 0 amide bonds. The third-order valence-corrected chi connectivity index (χ3v) is 5.76. The highest BCUT2D eigenvalue weighted by Gasteiger charge is 2.26. The Labute approximate surface area is 151 Å². The maximum absolute atomic E-state index is 4.88. The number of aliphatic imine (C=N–C) groups is 1.